The van der Waals surface area contributed by atoms with Gasteiger partial charge in [-0.15, -0.1) is 0 Å². The normalized spacial score (nSPS) is 15.2. The number of ether oxygens (including phenoxy) is 1. The molecule has 2 aliphatic carbocycles. The van der Waals surface area contributed by atoms with Crippen LogP contribution in [0.1, 0.15) is 42.7 Å². The molecule has 4 rings (SSSR count). The average Bonchev–Trinajstić information content (AvgIpc) is 3.41. The predicted octanol–water partition coefficient (Wildman–Crippen LogP) is 3.38. The van der Waals surface area contributed by atoms with Crippen LogP contribution < -0.4 is 5.32 Å². The van der Waals surface area contributed by atoms with Crippen molar-refractivity contribution in [3.05, 3.63) is 59.7 Å². The summed E-state index contributed by atoms with van der Waals surface area (Å²) < 4.78 is 5.44. The highest BCUT2D eigenvalue weighted by atomic mass is 16.5. The number of hydrogen-bond donors (Lipinski definition) is 2. The maximum atomic E-state index is 12.6. The molecule has 0 atom stereocenters. The molecule has 162 valence electrons. The van der Waals surface area contributed by atoms with Gasteiger partial charge in [0, 0.05) is 12.0 Å². The molecule has 1 fully saturated rings. The topological polar surface area (TPSA) is 95.9 Å². The lowest BCUT2D eigenvalue weighted by Crippen LogP contribution is -2.47. The molecule has 2 aromatic rings. The van der Waals surface area contributed by atoms with E-state index in [1.807, 2.05) is 36.4 Å². The first kappa shape index (κ1) is 20.9. The summed E-state index contributed by atoms with van der Waals surface area (Å²) in [5.74, 6) is -1.51. The van der Waals surface area contributed by atoms with Crippen LogP contribution in [0.5, 0.6) is 0 Å². The van der Waals surface area contributed by atoms with Crippen molar-refractivity contribution in [1.82, 2.24) is 10.2 Å². The van der Waals surface area contributed by atoms with E-state index in [-0.39, 0.29) is 31.7 Å². The van der Waals surface area contributed by atoms with Crippen LogP contribution >= 0.6 is 0 Å². The number of carbonyl (C=O) groups is 3. The second kappa shape index (κ2) is 9.20. The van der Waals surface area contributed by atoms with E-state index in [0.29, 0.717) is 0 Å². The van der Waals surface area contributed by atoms with Crippen LogP contribution in [0.3, 0.4) is 0 Å². The minimum Gasteiger partial charge on any atom is -0.480 e. The van der Waals surface area contributed by atoms with E-state index in [0.717, 1.165) is 47.9 Å². The number of nitrogens with one attached hydrogen (secondary N) is 1. The number of rotatable bonds is 7. The van der Waals surface area contributed by atoms with E-state index in [9.17, 15) is 14.4 Å². The van der Waals surface area contributed by atoms with Crippen molar-refractivity contribution < 1.29 is 24.2 Å². The number of fused-ring (bicyclic) bond motifs is 3. The SMILES string of the molecule is O=C(O)CN(C(=O)CNC(=O)OCC1c2ccccc2-c2ccccc21)C1CCCC1. The van der Waals surface area contributed by atoms with E-state index in [1.54, 1.807) is 0 Å². The van der Waals surface area contributed by atoms with E-state index in [2.05, 4.69) is 17.4 Å². The Kier molecular flexibility index (Phi) is 6.21. The Morgan fingerprint density at radius 1 is 0.968 bits per heavy atom. The Hall–Kier alpha value is -3.35. The van der Waals surface area contributed by atoms with Gasteiger partial charge in [-0.3, -0.25) is 9.59 Å². The smallest absolute Gasteiger partial charge is 0.407 e. The highest BCUT2D eigenvalue weighted by Crippen LogP contribution is 2.44. The van der Waals surface area contributed by atoms with Gasteiger partial charge < -0.3 is 20.1 Å². The zero-order valence-corrected chi connectivity index (χ0v) is 17.3. The largest absolute Gasteiger partial charge is 0.480 e. The van der Waals surface area contributed by atoms with Gasteiger partial charge in [-0.25, -0.2) is 4.79 Å². The number of nitrogens with zero attached hydrogens (tertiary/aromatic N) is 1. The zero-order valence-electron chi connectivity index (χ0n) is 17.3. The molecule has 7 heteroatoms. The molecule has 0 aromatic heterocycles. The van der Waals surface area contributed by atoms with Crippen molar-refractivity contribution in [2.45, 2.75) is 37.6 Å². The fourth-order valence-electron chi connectivity index (χ4n) is 4.68. The number of aliphatic carboxylic acids is 1. The molecular formula is C24H26N2O5. The minimum absolute atomic E-state index is 0.0594. The van der Waals surface area contributed by atoms with Crippen molar-refractivity contribution in [3.63, 3.8) is 0 Å². The van der Waals surface area contributed by atoms with E-state index < -0.39 is 18.0 Å². The van der Waals surface area contributed by atoms with E-state index in [1.165, 1.54) is 4.90 Å². The Balaban J connectivity index is 1.34. The fraction of sp³-hybridized carbons (Fsp3) is 0.375. The summed E-state index contributed by atoms with van der Waals surface area (Å²) in [5, 5.41) is 11.6. The van der Waals surface area contributed by atoms with Crippen LogP contribution in [0.25, 0.3) is 11.1 Å². The summed E-state index contributed by atoms with van der Waals surface area (Å²) in [6.45, 7) is -0.466. The van der Waals surface area contributed by atoms with Gasteiger partial charge in [0.15, 0.2) is 0 Å². The Labute approximate surface area is 181 Å². The lowest BCUT2D eigenvalue weighted by molar-refractivity contribution is -0.145. The highest BCUT2D eigenvalue weighted by Gasteiger charge is 2.30. The van der Waals surface area contributed by atoms with Crippen LogP contribution in [0, 0.1) is 0 Å². The van der Waals surface area contributed by atoms with Gasteiger partial charge in [0.2, 0.25) is 5.91 Å². The summed E-state index contributed by atoms with van der Waals surface area (Å²) in [6, 6.07) is 16.0. The third-order valence-corrected chi connectivity index (χ3v) is 6.12. The fourth-order valence-corrected chi connectivity index (χ4v) is 4.68. The van der Waals surface area contributed by atoms with Crippen LogP contribution in [0.2, 0.25) is 0 Å². The number of amides is 2. The number of benzene rings is 2. The van der Waals surface area contributed by atoms with Gasteiger partial charge in [-0.2, -0.15) is 0 Å². The van der Waals surface area contributed by atoms with Gasteiger partial charge in [-0.1, -0.05) is 61.4 Å². The van der Waals surface area contributed by atoms with Crippen molar-refractivity contribution in [3.8, 4) is 11.1 Å². The third kappa shape index (κ3) is 4.55. The monoisotopic (exact) mass is 422 g/mol. The van der Waals surface area contributed by atoms with Gasteiger partial charge in [-0.05, 0) is 35.1 Å². The lowest BCUT2D eigenvalue weighted by Gasteiger charge is -2.27. The number of carbonyl (C=O) groups excluding carboxylic acids is 2. The molecule has 7 nitrogen and oxygen atoms in total. The second-order valence-corrected chi connectivity index (χ2v) is 8.03. The van der Waals surface area contributed by atoms with Crippen molar-refractivity contribution >= 4 is 18.0 Å². The standard InChI is InChI=1S/C24H26N2O5/c27-22(26(14-23(28)29)16-7-1-2-8-16)13-25-24(30)31-15-21-19-11-5-3-9-17(19)18-10-4-6-12-20(18)21/h3-6,9-12,16,21H,1-2,7-8,13-15H2,(H,25,30)(H,28,29). The molecule has 0 radical (unpaired) electrons. The molecule has 2 N–H and O–H groups in total. The first-order valence-corrected chi connectivity index (χ1v) is 10.6. The molecule has 31 heavy (non-hydrogen) atoms. The molecule has 2 aliphatic rings. The van der Waals surface area contributed by atoms with Crippen LogP contribution in [-0.2, 0) is 14.3 Å². The quantitative estimate of drug-likeness (QED) is 0.713. The predicted molar refractivity (Wildman–Crippen MR) is 115 cm³/mol. The zero-order chi connectivity index (χ0) is 21.8. The number of alkyl carbamates (subject to hydrolysis) is 1. The molecule has 0 saturated heterocycles. The summed E-state index contributed by atoms with van der Waals surface area (Å²) >= 11 is 0. The van der Waals surface area contributed by atoms with E-state index >= 15 is 0 Å². The van der Waals surface area contributed by atoms with Gasteiger partial charge in [0.25, 0.3) is 0 Å². The first-order chi connectivity index (χ1) is 15.0. The average molecular weight is 422 g/mol. The lowest BCUT2D eigenvalue weighted by atomic mass is 9.98. The molecule has 0 bridgehead atoms. The molecule has 1 saturated carbocycles. The van der Waals surface area contributed by atoms with Crippen molar-refractivity contribution in [2.24, 2.45) is 0 Å². The highest BCUT2D eigenvalue weighted by molar-refractivity contribution is 5.85. The number of hydrogen-bond acceptors (Lipinski definition) is 4. The summed E-state index contributed by atoms with van der Waals surface area (Å²) in [6.07, 6.45) is 2.87. The van der Waals surface area contributed by atoms with Crippen molar-refractivity contribution in [1.29, 1.82) is 0 Å². The van der Waals surface area contributed by atoms with E-state index in [4.69, 9.17) is 9.84 Å². The third-order valence-electron chi connectivity index (χ3n) is 6.12. The van der Waals surface area contributed by atoms with Gasteiger partial charge in [0.05, 0.1) is 0 Å². The van der Waals surface area contributed by atoms with Crippen molar-refractivity contribution in [2.75, 3.05) is 19.7 Å². The summed E-state index contributed by atoms with van der Waals surface area (Å²) in [7, 11) is 0. The maximum absolute atomic E-state index is 12.6. The molecule has 0 spiro atoms. The van der Waals surface area contributed by atoms with Crippen LogP contribution in [-0.4, -0.2) is 53.7 Å². The molecule has 0 aliphatic heterocycles. The molecular weight excluding hydrogens is 396 g/mol. The molecule has 0 heterocycles. The summed E-state index contributed by atoms with van der Waals surface area (Å²) in [5.41, 5.74) is 4.51. The minimum atomic E-state index is -1.05. The Morgan fingerprint density at radius 2 is 1.55 bits per heavy atom. The van der Waals surface area contributed by atoms with Crippen LogP contribution in [0.15, 0.2) is 48.5 Å². The Bertz CT molecular complexity index is 938. The van der Waals surface area contributed by atoms with Gasteiger partial charge >= 0.3 is 12.1 Å². The maximum Gasteiger partial charge on any atom is 0.407 e. The molecule has 2 amide bonds. The number of carboxylic acid groups (broad SMARTS) is 1. The molecule has 2 aromatic carbocycles. The second-order valence-electron chi connectivity index (χ2n) is 8.03. The first-order valence-electron chi connectivity index (χ1n) is 10.6. The van der Waals surface area contributed by atoms with Crippen LogP contribution in [0.4, 0.5) is 4.79 Å². The van der Waals surface area contributed by atoms with Gasteiger partial charge in [0.1, 0.15) is 19.7 Å². The molecule has 0 unspecified atom stereocenters. The number of carboxylic acids is 1. The Morgan fingerprint density at radius 3 is 2.13 bits per heavy atom. The summed E-state index contributed by atoms with van der Waals surface area (Å²) in [4.78, 5) is 37.3.